The quantitative estimate of drug-likeness (QED) is 0.473. The van der Waals surface area contributed by atoms with Gasteiger partial charge in [0.15, 0.2) is 11.5 Å². The minimum atomic E-state index is -4.76. The van der Waals surface area contributed by atoms with Crippen LogP contribution in [0.15, 0.2) is 42.7 Å². The number of nitrogens with two attached hydrogens (primary N) is 1. The molecule has 0 spiro atoms. The van der Waals surface area contributed by atoms with Gasteiger partial charge in [-0.3, -0.25) is 9.89 Å². The third-order valence-corrected chi connectivity index (χ3v) is 5.80. The number of hydrogen-bond acceptors (Lipinski definition) is 6. The molecule has 1 aliphatic heterocycles. The summed E-state index contributed by atoms with van der Waals surface area (Å²) in [6.07, 6.45) is -1.65. The van der Waals surface area contributed by atoms with Crippen LogP contribution in [0.5, 0.6) is 0 Å². The fourth-order valence-electron chi connectivity index (χ4n) is 4.24. The molecule has 3 aromatic heterocycles. The SMILES string of the molecule is C[C@@H]1COCCN1c1cc(-c2cccc(C(F)(F)F)c2C(N)=O)c2cnn(-c3cc[nH]n3)c2n1. The van der Waals surface area contributed by atoms with Crippen molar-refractivity contribution >= 4 is 22.8 Å². The lowest BCUT2D eigenvalue weighted by atomic mass is 9.93. The molecular formula is C22H20F3N7O2. The summed E-state index contributed by atoms with van der Waals surface area (Å²) in [5, 5.41) is 11.7. The molecule has 1 aliphatic rings. The van der Waals surface area contributed by atoms with Crippen LogP contribution in [0, 0.1) is 0 Å². The number of carbonyl (C=O) groups excluding carboxylic acids is 1. The van der Waals surface area contributed by atoms with Gasteiger partial charge < -0.3 is 15.4 Å². The smallest absolute Gasteiger partial charge is 0.377 e. The molecule has 0 bridgehead atoms. The van der Waals surface area contributed by atoms with Gasteiger partial charge in [-0.2, -0.15) is 28.1 Å². The van der Waals surface area contributed by atoms with Crippen molar-refractivity contribution in [1.29, 1.82) is 0 Å². The number of benzene rings is 1. The number of pyridine rings is 1. The molecule has 34 heavy (non-hydrogen) atoms. The lowest BCUT2D eigenvalue weighted by Crippen LogP contribution is -2.44. The highest BCUT2D eigenvalue weighted by molar-refractivity contribution is 6.06. The van der Waals surface area contributed by atoms with Crippen LogP contribution >= 0.6 is 0 Å². The number of anilines is 1. The minimum absolute atomic E-state index is 0.0228. The van der Waals surface area contributed by atoms with Crippen molar-refractivity contribution in [3.8, 4) is 16.9 Å². The first-order valence-electron chi connectivity index (χ1n) is 10.5. The summed E-state index contributed by atoms with van der Waals surface area (Å²) in [5.74, 6) is -0.197. The van der Waals surface area contributed by atoms with Crippen LogP contribution in [0.2, 0.25) is 0 Å². The molecule has 4 aromatic rings. The second kappa shape index (κ2) is 8.13. The summed E-state index contributed by atoms with van der Waals surface area (Å²) in [6.45, 7) is 3.47. The summed E-state index contributed by atoms with van der Waals surface area (Å²) in [4.78, 5) is 19.1. The van der Waals surface area contributed by atoms with Crippen molar-refractivity contribution in [3.05, 3.63) is 53.9 Å². The highest BCUT2D eigenvalue weighted by atomic mass is 19.4. The Balaban J connectivity index is 1.82. The number of halogens is 3. The predicted octanol–water partition coefficient (Wildman–Crippen LogP) is 3.15. The second-order valence-electron chi connectivity index (χ2n) is 7.96. The number of alkyl halides is 3. The maximum atomic E-state index is 13.8. The van der Waals surface area contributed by atoms with Crippen molar-refractivity contribution in [3.63, 3.8) is 0 Å². The number of amides is 1. The molecule has 1 fully saturated rings. The molecule has 0 radical (unpaired) electrons. The van der Waals surface area contributed by atoms with Crippen LogP contribution in [-0.2, 0) is 10.9 Å². The van der Waals surface area contributed by atoms with Gasteiger partial charge in [0.1, 0.15) is 5.82 Å². The van der Waals surface area contributed by atoms with Crippen LogP contribution < -0.4 is 10.6 Å². The van der Waals surface area contributed by atoms with E-state index in [0.29, 0.717) is 48.0 Å². The molecule has 176 valence electrons. The van der Waals surface area contributed by atoms with Gasteiger partial charge in [-0.25, -0.2) is 4.98 Å². The number of morpholine rings is 1. The average molecular weight is 471 g/mol. The predicted molar refractivity (Wildman–Crippen MR) is 118 cm³/mol. The van der Waals surface area contributed by atoms with E-state index in [9.17, 15) is 18.0 Å². The largest absolute Gasteiger partial charge is 0.417 e. The maximum absolute atomic E-state index is 13.8. The van der Waals surface area contributed by atoms with E-state index in [2.05, 4.69) is 15.3 Å². The van der Waals surface area contributed by atoms with Gasteiger partial charge in [0, 0.05) is 24.2 Å². The van der Waals surface area contributed by atoms with E-state index >= 15 is 0 Å². The molecule has 5 rings (SSSR count). The average Bonchev–Trinajstić information content (AvgIpc) is 3.47. The molecule has 1 saturated heterocycles. The Morgan fingerprint density at radius 2 is 2.06 bits per heavy atom. The van der Waals surface area contributed by atoms with Crippen molar-refractivity contribution < 1.29 is 22.7 Å². The minimum Gasteiger partial charge on any atom is -0.377 e. The first-order valence-corrected chi connectivity index (χ1v) is 10.5. The summed E-state index contributed by atoms with van der Waals surface area (Å²) in [7, 11) is 0. The molecule has 1 amide bonds. The zero-order valence-electron chi connectivity index (χ0n) is 18.0. The molecule has 3 N–H and O–H groups in total. The Kier molecular flexibility index (Phi) is 5.24. The molecule has 1 aromatic carbocycles. The number of hydrogen-bond donors (Lipinski definition) is 2. The Hall–Kier alpha value is -3.93. The highest BCUT2D eigenvalue weighted by Crippen LogP contribution is 2.40. The van der Waals surface area contributed by atoms with E-state index in [4.69, 9.17) is 15.5 Å². The first-order chi connectivity index (χ1) is 16.3. The van der Waals surface area contributed by atoms with E-state index in [1.165, 1.54) is 23.0 Å². The highest BCUT2D eigenvalue weighted by Gasteiger charge is 2.36. The van der Waals surface area contributed by atoms with Crippen molar-refractivity contribution in [2.45, 2.75) is 19.1 Å². The third kappa shape index (κ3) is 3.65. The number of aromatic nitrogens is 5. The lowest BCUT2D eigenvalue weighted by Gasteiger charge is -2.34. The molecular weight excluding hydrogens is 451 g/mol. The maximum Gasteiger partial charge on any atom is 0.417 e. The van der Waals surface area contributed by atoms with E-state index in [1.54, 1.807) is 18.3 Å². The molecule has 0 aliphatic carbocycles. The monoisotopic (exact) mass is 471 g/mol. The Bertz CT molecular complexity index is 1370. The van der Waals surface area contributed by atoms with Crippen LogP contribution in [0.4, 0.5) is 19.0 Å². The Labute approximate surface area is 191 Å². The van der Waals surface area contributed by atoms with Crippen molar-refractivity contribution in [1.82, 2.24) is 25.0 Å². The molecule has 1 atom stereocenters. The normalized spacial score (nSPS) is 16.8. The number of ether oxygens (including phenoxy) is 1. The standard InChI is InChI=1S/C22H20F3N7O2/c1-12-11-34-8-7-31(12)18-9-14(13-3-2-4-16(22(23,24)25)19(13)20(26)33)15-10-28-32(21(15)29-18)17-5-6-27-30-17/h2-6,9-10,12H,7-8,11H2,1H3,(H2,26,33)(H,27,30)/t12-/m1/s1. The van der Waals surface area contributed by atoms with Gasteiger partial charge in [-0.1, -0.05) is 12.1 Å². The van der Waals surface area contributed by atoms with Gasteiger partial charge in [0.05, 0.1) is 36.6 Å². The second-order valence-corrected chi connectivity index (χ2v) is 7.96. The number of primary amides is 1. The summed E-state index contributed by atoms with van der Waals surface area (Å²) in [5.41, 5.74) is 4.56. The summed E-state index contributed by atoms with van der Waals surface area (Å²) in [6, 6.07) is 6.89. The summed E-state index contributed by atoms with van der Waals surface area (Å²) >= 11 is 0. The van der Waals surface area contributed by atoms with E-state index < -0.39 is 23.2 Å². The molecule has 0 unspecified atom stereocenters. The number of fused-ring (bicyclic) bond motifs is 1. The number of nitrogens with zero attached hydrogens (tertiary/aromatic N) is 5. The van der Waals surface area contributed by atoms with Crippen molar-refractivity contribution in [2.24, 2.45) is 5.73 Å². The van der Waals surface area contributed by atoms with Gasteiger partial charge in [-0.05, 0) is 30.2 Å². The Morgan fingerprint density at radius 3 is 2.74 bits per heavy atom. The number of carbonyl (C=O) groups is 1. The third-order valence-electron chi connectivity index (χ3n) is 5.80. The van der Waals surface area contributed by atoms with Gasteiger partial charge in [-0.15, -0.1) is 0 Å². The molecule has 12 heteroatoms. The van der Waals surface area contributed by atoms with Crippen LogP contribution in [0.3, 0.4) is 0 Å². The van der Waals surface area contributed by atoms with Gasteiger partial charge >= 0.3 is 6.18 Å². The number of nitrogens with one attached hydrogen (secondary N) is 1. The van der Waals surface area contributed by atoms with E-state index in [-0.39, 0.29) is 11.6 Å². The fourth-order valence-corrected chi connectivity index (χ4v) is 4.24. The molecule has 9 nitrogen and oxygen atoms in total. The zero-order chi connectivity index (χ0) is 24.0. The van der Waals surface area contributed by atoms with E-state index in [1.807, 2.05) is 11.8 Å². The molecule has 0 saturated carbocycles. The van der Waals surface area contributed by atoms with Crippen LogP contribution in [0.25, 0.3) is 28.0 Å². The summed E-state index contributed by atoms with van der Waals surface area (Å²) < 4.78 is 48.3. The van der Waals surface area contributed by atoms with Gasteiger partial charge in [0.25, 0.3) is 0 Å². The van der Waals surface area contributed by atoms with E-state index in [0.717, 1.165) is 6.07 Å². The zero-order valence-corrected chi connectivity index (χ0v) is 18.0. The number of H-pyrrole nitrogens is 1. The fraction of sp³-hybridized carbons (Fsp3) is 0.273. The van der Waals surface area contributed by atoms with Crippen LogP contribution in [0.1, 0.15) is 22.8 Å². The van der Waals surface area contributed by atoms with Crippen molar-refractivity contribution in [2.75, 3.05) is 24.7 Å². The topological polar surface area (TPSA) is 115 Å². The first kappa shape index (κ1) is 21.9. The lowest BCUT2D eigenvalue weighted by molar-refractivity contribution is -0.137. The molecule has 4 heterocycles. The van der Waals surface area contributed by atoms with Crippen LogP contribution in [-0.4, -0.2) is 56.7 Å². The Morgan fingerprint density at radius 1 is 1.24 bits per heavy atom. The number of rotatable bonds is 4. The number of aromatic amines is 1. The van der Waals surface area contributed by atoms with Gasteiger partial charge in [0.2, 0.25) is 5.91 Å².